The molecule has 1 aromatic rings. The van der Waals surface area contributed by atoms with E-state index >= 15 is 0 Å². The molecule has 90 valence electrons. The number of hydrogen-bond donors (Lipinski definition) is 1. The summed E-state index contributed by atoms with van der Waals surface area (Å²) in [6, 6.07) is 2.18. The second-order valence-electron chi connectivity index (χ2n) is 4.36. The Bertz CT molecular complexity index is 447. The predicted molar refractivity (Wildman–Crippen MR) is 63.6 cm³/mol. The van der Waals surface area contributed by atoms with Gasteiger partial charge in [-0.25, -0.2) is 0 Å². The van der Waals surface area contributed by atoms with Crippen LogP contribution in [0.5, 0.6) is 0 Å². The first kappa shape index (κ1) is 11.8. The van der Waals surface area contributed by atoms with Gasteiger partial charge in [0.2, 0.25) is 0 Å². The summed E-state index contributed by atoms with van der Waals surface area (Å²) in [5.41, 5.74) is 2.29. The fourth-order valence-electron chi connectivity index (χ4n) is 1.85. The van der Waals surface area contributed by atoms with Crippen LogP contribution in [0, 0.1) is 31.1 Å². The van der Waals surface area contributed by atoms with Crippen molar-refractivity contribution < 1.29 is 4.74 Å². The quantitative estimate of drug-likeness (QED) is 0.853. The number of rotatable bonds is 3. The minimum atomic E-state index is 0.505. The van der Waals surface area contributed by atoms with Crippen molar-refractivity contribution in [2.75, 3.05) is 25.1 Å². The molecule has 0 aromatic carbocycles. The Morgan fingerprint density at radius 1 is 1.47 bits per heavy atom. The first-order chi connectivity index (χ1) is 8.22. The van der Waals surface area contributed by atoms with Gasteiger partial charge in [0.05, 0.1) is 12.3 Å². The van der Waals surface area contributed by atoms with E-state index in [2.05, 4.69) is 21.6 Å². The van der Waals surface area contributed by atoms with E-state index in [-0.39, 0.29) is 0 Å². The summed E-state index contributed by atoms with van der Waals surface area (Å²) in [4.78, 5) is 0. The largest absolute Gasteiger partial charge is 0.381 e. The zero-order chi connectivity index (χ0) is 12.3. The molecule has 0 saturated carbocycles. The van der Waals surface area contributed by atoms with Crippen molar-refractivity contribution in [3.8, 4) is 6.07 Å². The Labute approximate surface area is 101 Å². The van der Waals surface area contributed by atoms with Gasteiger partial charge in [0, 0.05) is 19.1 Å². The minimum absolute atomic E-state index is 0.505. The van der Waals surface area contributed by atoms with Crippen LogP contribution in [0.4, 0.5) is 5.82 Å². The maximum absolute atomic E-state index is 9.13. The number of nitrogens with zero attached hydrogens (tertiary/aromatic N) is 3. The van der Waals surface area contributed by atoms with E-state index in [1.54, 1.807) is 0 Å². The van der Waals surface area contributed by atoms with Gasteiger partial charge in [0.1, 0.15) is 11.6 Å². The molecular formula is C12H16N4O. The van der Waals surface area contributed by atoms with Crippen LogP contribution in [0.1, 0.15) is 23.2 Å². The SMILES string of the molecule is Cc1nnc(NC[C@@H]2CCOC2)c(C#N)c1C. The normalized spacial score (nSPS) is 19.0. The second kappa shape index (κ2) is 5.11. The number of nitriles is 1. The van der Waals surface area contributed by atoms with Gasteiger partial charge in [-0.3, -0.25) is 0 Å². The van der Waals surface area contributed by atoms with Crippen molar-refractivity contribution in [1.82, 2.24) is 10.2 Å². The van der Waals surface area contributed by atoms with E-state index < -0.39 is 0 Å². The third kappa shape index (κ3) is 2.53. The van der Waals surface area contributed by atoms with Gasteiger partial charge >= 0.3 is 0 Å². The number of aryl methyl sites for hydroxylation is 1. The highest BCUT2D eigenvalue weighted by atomic mass is 16.5. The van der Waals surface area contributed by atoms with Gasteiger partial charge in [-0.1, -0.05) is 0 Å². The molecule has 1 saturated heterocycles. The molecule has 1 aromatic heterocycles. The molecule has 0 amide bonds. The topological polar surface area (TPSA) is 70.8 Å². The summed E-state index contributed by atoms with van der Waals surface area (Å²) in [5, 5.41) is 20.4. The molecule has 1 atom stereocenters. The van der Waals surface area contributed by atoms with E-state index in [1.165, 1.54) is 0 Å². The summed E-state index contributed by atoms with van der Waals surface area (Å²) in [5.74, 6) is 1.09. The molecule has 1 aliphatic heterocycles. The van der Waals surface area contributed by atoms with E-state index in [4.69, 9.17) is 10.00 Å². The van der Waals surface area contributed by atoms with E-state index in [0.717, 1.165) is 37.4 Å². The number of aromatic nitrogens is 2. The lowest BCUT2D eigenvalue weighted by Crippen LogP contribution is -2.16. The van der Waals surface area contributed by atoms with Crippen LogP contribution in [0.25, 0.3) is 0 Å². The Hall–Kier alpha value is -1.67. The van der Waals surface area contributed by atoms with E-state index in [0.29, 0.717) is 17.3 Å². The Morgan fingerprint density at radius 2 is 2.29 bits per heavy atom. The lowest BCUT2D eigenvalue weighted by atomic mass is 10.1. The van der Waals surface area contributed by atoms with Crippen LogP contribution in [0.3, 0.4) is 0 Å². The minimum Gasteiger partial charge on any atom is -0.381 e. The Balaban J connectivity index is 2.10. The summed E-state index contributed by atoms with van der Waals surface area (Å²) < 4.78 is 5.30. The maximum atomic E-state index is 9.13. The summed E-state index contributed by atoms with van der Waals surface area (Å²) in [6.07, 6.45) is 1.06. The molecule has 17 heavy (non-hydrogen) atoms. The highest BCUT2D eigenvalue weighted by Crippen LogP contribution is 2.19. The van der Waals surface area contributed by atoms with Crippen molar-refractivity contribution in [2.45, 2.75) is 20.3 Å². The maximum Gasteiger partial charge on any atom is 0.166 e. The van der Waals surface area contributed by atoms with Crippen molar-refractivity contribution in [3.05, 3.63) is 16.8 Å². The molecule has 0 unspecified atom stereocenters. The van der Waals surface area contributed by atoms with Crippen LogP contribution in [0.2, 0.25) is 0 Å². The molecular weight excluding hydrogens is 216 g/mol. The Morgan fingerprint density at radius 3 is 2.94 bits per heavy atom. The van der Waals surface area contributed by atoms with Gasteiger partial charge in [-0.05, 0) is 25.8 Å². The third-order valence-electron chi connectivity index (χ3n) is 3.15. The van der Waals surface area contributed by atoms with Crippen molar-refractivity contribution in [1.29, 1.82) is 5.26 Å². The summed E-state index contributed by atoms with van der Waals surface area (Å²) in [7, 11) is 0. The van der Waals surface area contributed by atoms with Gasteiger partial charge in [-0.15, -0.1) is 5.10 Å². The number of ether oxygens (including phenoxy) is 1. The number of nitrogens with one attached hydrogen (secondary N) is 1. The summed E-state index contributed by atoms with van der Waals surface area (Å²) in [6.45, 7) is 6.15. The lowest BCUT2D eigenvalue weighted by Gasteiger charge is -2.12. The first-order valence-corrected chi connectivity index (χ1v) is 5.78. The van der Waals surface area contributed by atoms with Crippen LogP contribution in [-0.2, 0) is 4.74 Å². The molecule has 0 radical (unpaired) electrons. The average Bonchev–Trinajstić information content (AvgIpc) is 2.83. The Kier molecular flexibility index (Phi) is 3.55. The van der Waals surface area contributed by atoms with E-state index in [1.807, 2.05) is 13.8 Å². The zero-order valence-electron chi connectivity index (χ0n) is 10.2. The van der Waals surface area contributed by atoms with Crippen LogP contribution in [-0.4, -0.2) is 30.0 Å². The molecule has 1 aliphatic rings. The van der Waals surface area contributed by atoms with Gasteiger partial charge < -0.3 is 10.1 Å². The molecule has 1 N–H and O–H groups in total. The van der Waals surface area contributed by atoms with Gasteiger partial charge in [-0.2, -0.15) is 10.4 Å². The molecule has 0 aliphatic carbocycles. The van der Waals surface area contributed by atoms with Crippen LogP contribution < -0.4 is 5.32 Å². The van der Waals surface area contributed by atoms with Crippen molar-refractivity contribution in [3.63, 3.8) is 0 Å². The molecule has 2 heterocycles. The molecule has 1 fully saturated rings. The highest BCUT2D eigenvalue weighted by molar-refractivity contribution is 5.55. The van der Waals surface area contributed by atoms with Crippen LogP contribution in [0.15, 0.2) is 0 Å². The monoisotopic (exact) mass is 232 g/mol. The summed E-state index contributed by atoms with van der Waals surface area (Å²) >= 11 is 0. The second-order valence-corrected chi connectivity index (χ2v) is 4.36. The standard InChI is InChI=1S/C12H16N4O/c1-8-9(2)15-16-12(11(8)5-13)14-6-10-3-4-17-7-10/h10H,3-4,6-7H2,1-2H3,(H,14,16)/t10-/m0/s1. The smallest absolute Gasteiger partial charge is 0.166 e. The van der Waals surface area contributed by atoms with Crippen molar-refractivity contribution in [2.24, 2.45) is 5.92 Å². The first-order valence-electron chi connectivity index (χ1n) is 5.78. The molecule has 0 spiro atoms. The number of anilines is 1. The van der Waals surface area contributed by atoms with Crippen LogP contribution >= 0.6 is 0 Å². The molecule has 2 rings (SSSR count). The fourth-order valence-corrected chi connectivity index (χ4v) is 1.85. The van der Waals surface area contributed by atoms with Gasteiger partial charge in [0.15, 0.2) is 5.82 Å². The molecule has 0 bridgehead atoms. The van der Waals surface area contributed by atoms with E-state index in [9.17, 15) is 0 Å². The number of hydrogen-bond acceptors (Lipinski definition) is 5. The predicted octanol–water partition coefficient (Wildman–Crippen LogP) is 1.41. The average molecular weight is 232 g/mol. The van der Waals surface area contributed by atoms with Crippen molar-refractivity contribution >= 4 is 5.82 Å². The zero-order valence-corrected chi connectivity index (χ0v) is 10.2. The molecule has 5 nitrogen and oxygen atoms in total. The lowest BCUT2D eigenvalue weighted by molar-refractivity contribution is 0.187. The van der Waals surface area contributed by atoms with Gasteiger partial charge in [0.25, 0.3) is 0 Å². The molecule has 5 heteroatoms. The fraction of sp³-hybridized carbons (Fsp3) is 0.583. The highest BCUT2D eigenvalue weighted by Gasteiger charge is 2.17. The third-order valence-corrected chi connectivity index (χ3v) is 3.15.